The summed E-state index contributed by atoms with van der Waals surface area (Å²) in [6, 6.07) is 0.103. The predicted octanol–water partition coefficient (Wildman–Crippen LogP) is -1.51. The molecule has 1 aliphatic heterocycles. The molecule has 1 rings (SSSR count). The van der Waals surface area contributed by atoms with E-state index in [1.54, 1.807) is 0 Å². The number of nitrogens with zero attached hydrogens (tertiary/aromatic N) is 1. The Balaban J connectivity index is 2.44. The standard InChI is InChI=1S/C3H6N2O3S/c6-9(7)5-3-4-1-2-8-3/h9H,1-2H2,(H,4,5,6,7). The summed E-state index contributed by atoms with van der Waals surface area (Å²) >= 11 is 0. The van der Waals surface area contributed by atoms with Crippen LogP contribution in [0.4, 0.5) is 0 Å². The van der Waals surface area contributed by atoms with Gasteiger partial charge in [-0.25, -0.2) is 18.1 Å². The van der Waals surface area contributed by atoms with Crippen molar-refractivity contribution >= 4 is 16.9 Å². The number of rotatable bonds is 1. The Hall–Kier alpha value is -0.780. The van der Waals surface area contributed by atoms with Crippen molar-refractivity contribution in [1.29, 1.82) is 0 Å². The molecular weight excluding hydrogens is 144 g/mol. The zero-order valence-electron chi connectivity index (χ0n) is 4.53. The van der Waals surface area contributed by atoms with E-state index in [-0.39, 0.29) is 6.02 Å². The Bertz CT molecular complexity index is 189. The molecule has 0 bridgehead atoms. The van der Waals surface area contributed by atoms with Gasteiger partial charge in [-0.2, -0.15) is 0 Å². The molecule has 0 spiro atoms. The van der Waals surface area contributed by atoms with Crippen molar-refractivity contribution in [3.05, 3.63) is 0 Å². The Morgan fingerprint density at radius 3 is 2.89 bits per heavy atom. The molecule has 0 aromatic carbocycles. The number of aliphatic imine (C=N–C) groups is 1. The third-order valence-corrected chi connectivity index (χ3v) is 1.15. The van der Waals surface area contributed by atoms with Crippen LogP contribution in [-0.2, 0) is 15.6 Å². The van der Waals surface area contributed by atoms with E-state index in [1.165, 1.54) is 0 Å². The van der Waals surface area contributed by atoms with Crippen LogP contribution in [0, 0.1) is 0 Å². The molecule has 52 valence electrons. The number of amidine groups is 1. The summed E-state index contributed by atoms with van der Waals surface area (Å²) in [6.45, 7) is 0.997. The Morgan fingerprint density at radius 2 is 2.44 bits per heavy atom. The van der Waals surface area contributed by atoms with Gasteiger partial charge in [0.05, 0.1) is 6.54 Å². The lowest BCUT2D eigenvalue weighted by molar-refractivity contribution is 0.338. The second kappa shape index (κ2) is 2.67. The molecule has 1 heterocycles. The van der Waals surface area contributed by atoms with Gasteiger partial charge in [0.2, 0.25) is 10.9 Å². The van der Waals surface area contributed by atoms with Gasteiger partial charge in [-0.15, -0.1) is 0 Å². The Morgan fingerprint density at radius 1 is 1.67 bits per heavy atom. The van der Waals surface area contributed by atoms with Crippen molar-refractivity contribution < 1.29 is 13.2 Å². The van der Waals surface area contributed by atoms with Gasteiger partial charge in [0.1, 0.15) is 6.61 Å². The zero-order chi connectivity index (χ0) is 6.69. The third-order valence-electron chi connectivity index (χ3n) is 0.772. The largest absolute Gasteiger partial charge is 0.463 e. The molecule has 0 aliphatic carbocycles. The molecule has 0 saturated carbocycles. The van der Waals surface area contributed by atoms with Gasteiger partial charge in [-0.3, -0.25) is 0 Å². The molecule has 6 heteroatoms. The van der Waals surface area contributed by atoms with Gasteiger partial charge in [0.25, 0.3) is 6.02 Å². The fourth-order valence-electron chi connectivity index (χ4n) is 0.481. The van der Waals surface area contributed by atoms with Crippen LogP contribution in [0.5, 0.6) is 0 Å². The first kappa shape index (κ1) is 6.34. The van der Waals surface area contributed by atoms with Gasteiger partial charge in [-0.05, 0) is 0 Å². The molecule has 0 aromatic rings. The molecule has 0 unspecified atom stereocenters. The highest BCUT2D eigenvalue weighted by Gasteiger charge is 2.05. The van der Waals surface area contributed by atoms with Crippen LogP contribution in [0.2, 0.25) is 0 Å². The summed E-state index contributed by atoms with van der Waals surface area (Å²) in [4.78, 5) is 3.68. The van der Waals surface area contributed by atoms with Crippen LogP contribution >= 0.6 is 0 Å². The van der Waals surface area contributed by atoms with Crippen LogP contribution < -0.4 is 4.72 Å². The summed E-state index contributed by atoms with van der Waals surface area (Å²) in [5.41, 5.74) is 0. The highest BCUT2D eigenvalue weighted by atomic mass is 32.2. The fraction of sp³-hybridized carbons (Fsp3) is 0.667. The van der Waals surface area contributed by atoms with Crippen molar-refractivity contribution in [3.8, 4) is 0 Å². The minimum absolute atomic E-state index is 0.103. The van der Waals surface area contributed by atoms with E-state index in [0.29, 0.717) is 13.2 Å². The van der Waals surface area contributed by atoms with E-state index < -0.39 is 10.9 Å². The molecule has 0 aromatic heterocycles. The van der Waals surface area contributed by atoms with Gasteiger partial charge >= 0.3 is 0 Å². The molecule has 0 atom stereocenters. The van der Waals surface area contributed by atoms with Crippen molar-refractivity contribution in [1.82, 2.24) is 4.72 Å². The summed E-state index contributed by atoms with van der Waals surface area (Å²) in [5.74, 6) is 0. The second-order valence-electron chi connectivity index (χ2n) is 1.40. The number of hydrogen-bond donors (Lipinski definition) is 2. The van der Waals surface area contributed by atoms with Gasteiger partial charge < -0.3 is 4.74 Å². The van der Waals surface area contributed by atoms with E-state index in [4.69, 9.17) is 4.74 Å². The lowest BCUT2D eigenvalue weighted by Crippen LogP contribution is -2.21. The number of nitrogens with one attached hydrogen (secondary N) is 1. The van der Waals surface area contributed by atoms with Crippen molar-refractivity contribution in [3.63, 3.8) is 0 Å². The third kappa shape index (κ3) is 1.88. The second-order valence-corrected chi connectivity index (χ2v) is 2.14. The van der Waals surface area contributed by atoms with Gasteiger partial charge in [0.15, 0.2) is 0 Å². The molecular formula is C3H6N2O3S. The molecule has 9 heavy (non-hydrogen) atoms. The summed E-state index contributed by atoms with van der Waals surface area (Å²) in [5, 5.41) is 0. The van der Waals surface area contributed by atoms with Crippen LogP contribution in [0.15, 0.2) is 4.99 Å². The predicted molar refractivity (Wildman–Crippen MR) is 31.7 cm³/mol. The van der Waals surface area contributed by atoms with E-state index in [0.717, 1.165) is 0 Å². The summed E-state index contributed by atoms with van der Waals surface area (Å²) in [6.07, 6.45) is 0. The normalized spacial score (nSPS) is 17.2. The van der Waals surface area contributed by atoms with E-state index in [9.17, 15) is 8.42 Å². The van der Waals surface area contributed by atoms with Crippen molar-refractivity contribution in [2.24, 2.45) is 4.99 Å². The molecule has 0 saturated heterocycles. The minimum Gasteiger partial charge on any atom is -0.463 e. The number of thiol groups is 1. The first-order valence-electron chi connectivity index (χ1n) is 2.37. The Kier molecular flexibility index (Phi) is 1.88. The van der Waals surface area contributed by atoms with Crippen molar-refractivity contribution in [2.75, 3.05) is 13.2 Å². The maximum absolute atomic E-state index is 9.92. The van der Waals surface area contributed by atoms with E-state index >= 15 is 0 Å². The fourth-order valence-corrected chi connectivity index (χ4v) is 0.772. The highest BCUT2D eigenvalue weighted by Crippen LogP contribution is 1.88. The first-order chi connectivity index (χ1) is 4.29. The first-order valence-corrected chi connectivity index (χ1v) is 3.55. The Labute approximate surface area is 53.8 Å². The summed E-state index contributed by atoms with van der Waals surface area (Å²) < 4.78 is 26.6. The van der Waals surface area contributed by atoms with Crippen molar-refractivity contribution in [2.45, 2.75) is 0 Å². The van der Waals surface area contributed by atoms with E-state index in [2.05, 4.69) is 4.99 Å². The highest BCUT2D eigenvalue weighted by molar-refractivity contribution is 7.70. The van der Waals surface area contributed by atoms with Gasteiger partial charge in [0, 0.05) is 0 Å². The van der Waals surface area contributed by atoms with Crippen LogP contribution in [0.1, 0.15) is 0 Å². The number of ether oxygens (including phenoxy) is 1. The lowest BCUT2D eigenvalue weighted by atomic mass is 10.8. The van der Waals surface area contributed by atoms with Gasteiger partial charge in [-0.1, -0.05) is 0 Å². The van der Waals surface area contributed by atoms with E-state index in [1.807, 2.05) is 4.72 Å². The smallest absolute Gasteiger partial charge is 0.298 e. The average Bonchev–Trinajstić information content (AvgIpc) is 2.15. The average molecular weight is 150 g/mol. The molecule has 5 nitrogen and oxygen atoms in total. The monoisotopic (exact) mass is 150 g/mol. The van der Waals surface area contributed by atoms with Crippen LogP contribution in [0.3, 0.4) is 0 Å². The van der Waals surface area contributed by atoms with Crippen LogP contribution in [-0.4, -0.2) is 27.6 Å². The topological polar surface area (TPSA) is 67.8 Å². The summed E-state index contributed by atoms with van der Waals surface area (Å²) in [7, 11) is -2.62. The van der Waals surface area contributed by atoms with Crippen LogP contribution in [0.25, 0.3) is 0 Å². The minimum atomic E-state index is -2.62. The zero-order valence-corrected chi connectivity index (χ0v) is 5.43. The molecule has 1 N–H and O–H groups in total. The molecule has 1 aliphatic rings. The SMILES string of the molecule is O=[SH](=O)NC1=NCCO1. The number of hydrogen-bond acceptors (Lipinski definition) is 4. The lowest BCUT2D eigenvalue weighted by Gasteiger charge is -1.94. The molecule has 0 amide bonds. The molecule has 0 radical (unpaired) electrons. The maximum atomic E-state index is 9.92. The molecule has 0 fully saturated rings. The maximum Gasteiger partial charge on any atom is 0.298 e. The quantitative estimate of drug-likeness (QED) is 0.446.